The van der Waals surface area contributed by atoms with Crippen LogP contribution in [0.25, 0.3) is 99.5 Å². The van der Waals surface area contributed by atoms with Gasteiger partial charge in [0.2, 0.25) is 0 Å². The van der Waals surface area contributed by atoms with Crippen molar-refractivity contribution < 1.29 is 4.42 Å². The van der Waals surface area contributed by atoms with Crippen molar-refractivity contribution in [1.82, 2.24) is 15.0 Å². The predicted octanol–water partition coefficient (Wildman–Crippen LogP) is 11.9. The lowest BCUT2D eigenvalue weighted by Gasteiger charge is -2.12. The van der Waals surface area contributed by atoms with Crippen molar-refractivity contribution in [2.75, 3.05) is 0 Å². The molecule has 0 saturated heterocycles. The number of hydrogen-bond donors (Lipinski definition) is 0. The van der Waals surface area contributed by atoms with Crippen LogP contribution in [0.15, 0.2) is 168 Å². The molecule has 8 aromatic carbocycles. The van der Waals surface area contributed by atoms with Crippen LogP contribution in [0, 0.1) is 0 Å². The summed E-state index contributed by atoms with van der Waals surface area (Å²) in [5.74, 6) is 1.85. The van der Waals surface area contributed by atoms with Crippen LogP contribution >= 0.6 is 0 Å². The topological polar surface area (TPSA) is 51.8 Å². The summed E-state index contributed by atoms with van der Waals surface area (Å²) >= 11 is 0. The molecule has 0 atom stereocenters. The van der Waals surface area contributed by atoms with Crippen LogP contribution in [0.3, 0.4) is 0 Å². The molecule has 0 saturated carbocycles. The van der Waals surface area contributed by atoms with E-state index in [1.54, 1.807) is 0 Å². The first-order valence-corrected chi connectivity index (χ1v) is 16.4. The molecule has 0 radical (unpaired) electrons. The largest absolute Gasteiger partial charge is 0.455 e. The fourth-order valence-corrected chi connectivity index (χ4v) is 7.01. The summed E-state index contributed by atoms with van der Waals surface area (Å²) in [4.78, 5) is 15.5. The molecular formula is C45H27N3O. The molecule has 2 aromatic heterocycles. The zero-order chi connectivity index (χ0) is 32.3. The van der Waals surface area contributed by atoms with Crippen molar-refractivity contribution in [2.45, 2.75) is 0 Å². The van der Waals surface area contributed by atoms with Crippen LogP contribution in [-0.2, 0) is 0 Å². The minimum Gasteiger partial charge on any atom is -0.455 e. The van der Waals surface area contributed by atoms with Crippen LogP contribution in [-0.4, -0.2) is 15.0 Å². The number of hydrogen-bond acceptors (Lipinski definition) is 4. The third-order valence-corrected chi connectivity index (χ3v) is 9.48. The van der Waals surface area contributed by atoms with Gasteiger partial charge in [-0.1, -0.05) is 127 Å². The van der Waals surface area contributed by atoms with E-state index in [-0.39, 0.29) is 0 Å². The van der Waals surface area contributed by atoms with Gasteiger partial charge in [-0.05, 0) is 74.3 Å². The van der Waals surface area contributed by atoms with E-state index >= 15 is 0 Å². The molecule has 0 aliphatic carbocycles. The normalized spacial score (nSPS) is 11.7. The molecule has 228 valence electrons. The van der Waals surface area contributed by atoms with Crippen LogP contribution < -0.4 is 0 Å². The lowest BCUT2D eigenvalue weighted by molar-refractivity contribution is 0.670. The highest BCUT2D eigenvalue weighted by Gasteiger charge is 2.21. The number of benzene rings is 8. The Bertz CT molecular complexity index is 2810. The van der Waals surface area contributed by atoms with Gasteiger partial charge in [0.25, 0.3) is 0 Å². The Kier molecular flexibility index (Phi) is 6.15. The van der Waals surface area contributed by atoms with Crippen LogP contribution in [0.1, 0.15) is 0 Å². The summed E-state index contributed by atoms with van der Waals surface area (Å²) in [6.07, 6.45) is 0. The van der Waals surface area contributed by atoms with Gasteiger partial charge < -0.3 is 4.42 Å². The van der Waals surface area contributed by atoms with Crippen LogP contribution in [0.2, 0.25) is 0 Å². The molecule has 4 nitrogen and oxygen atoms in total. The summed E-state index contributed by atoms with van der Waals surface area (Å²) in [7, 11) is 0. The van der Waals surface area contributed by atoms with Gasteiger partial charge in [-0.15, -0.1) is 0 Å². The van der Waals surface area contributed by atoms with Gasteiger partial charge in [0, 0.05) is 33.0 Å². The van der Waals surface area contributed by atoms with E-state index in [9.17, 15) is 0 Å². The number of furan rings is 1. The van der Waals surface area contributed by atoms with E-state index in [1.165, 1.54) is 21.5 Å². The van der Waals surface area contributed by atoms with Gasteiger partial charge >= 0.3 is 0 Å². The Labute approximate surface area is 282 Å². The average Bonchev–Trinajstić information content (AvgIpc) is 3.56. The molecule has 0 spiro atoms. The molecular weight excluding hydrogens is 599 g/mol. The van der Waals surface area contributed by atoms with Crippen molar-refractivity contribution in [1.29, 1.82) is 0 Å². The summed E-state index contributed by atoms with van der Waals surface area (Å²) < 4.78 is 6.67. The maximum atomic E-state index is 6.67. The maximum absolute atomic E-state index is 6.67. The predicted molar refractivity (Wildman–Crippen MR) is 201 cm³/mol. The number of fused-ring (bicyclic) bond motifs is 6. The summed E-state index contributed by atoms with van der Waals surface area (Å²) in [6, 6.07) is 57.0. The second-order valence-electron chi connectivity index (χ2n) is 12.5. The molecule has 0 aliphatic heterocycles. The highest BCUT2D eigenvalue weighted by molar-refractivity contribution is 6.16. The summed E-state index contributed by atoms with van der Waals surface area (Å²) in [5, 5.41) is 9.02. The van der Waals surface area contributed by atoms with Crippen LogP contribution in [0.5, 0.6) is 0 Å². The Balaban J connectivity index is 1.23. The number of nitrogens with zero attached hydrogens (tertiary/aromatic N) is 3. The van der Waals surface area contributed by atoms with E-state index in [0.717, 1.165) is 60.5 Å². The SMILES string of the molecule is c1ccc2cc(-c3nc(-c4ccc5ccccc5c4)nc(-c4ccc(-c5ccc6ccccc6c5)c5oc6ccccc6c45)n3)ccc2c1. The molecule has 10 rings (SSSR count). The van der Waals surface area contributed by atoms with E-state index < -0.39 is 0 Å². The monoisotopic (exact) mass is 625 g/mol. The van der Waals surface area contributed by atoms with Gasteiger partial charge in [-0.2, -0.15) is 0 Å². The van der Waals surface area contributed by atoms with Gasteiger partial charge in [0.15, 0.2) is 17.5 Å². The lowest BCUT2D eigenvalue weighted by Crippen LogP contribution is -2.00. The fraction of sp³-hybridized carbons (Fsp3) is 0. The molecule has 0 N–H and O–H groups in total. The van der Waals surface area contributed by atoms with Crippen molar-refractivity contribution in [3.63, 3.8) is 0 Å². The van der Waals surface area contributed by atoms with E-state index in [4.69, 9.17) is 19.4 Å². The number of para-hydroxylation sites is 1. The first kappa shape index (κ1) is 27.5. The first-order valence-electron chi connectivity index (χ1n) is 16.4. The van der Waals surface area contributed by atoms with Crippen molar-refractivity contribution in [2.24, 2.45) is 0 Å². The third kappa shape index (κ3) is 4.65. The molecule has 49 heavy (non-hydrogen) atoms. The average molecular weight is 626 g/mol. The van der Waals surface area contributed by atoms with Crippen LogP contribution in [0.4, 0.5) is 0 Å². The molecule has 0 aliphatic rings. The third-order valence-electron chi connectivity index (χ3n) is 9.48. The number of aromatic nitrogens is 3. The van der Waals surface area contributed by atoms with Gasteiger partial charge in [0.1, 0.15) is 11.2 Å². The Hall–Kier alpha value is -6.65. The second kappa shape index (κ2) is 11.0. The van der Waals surface area contributed by atoms with E-state index in [0.29, 0.717) is 17.5 Å². The smallest absolute Gasteiger partial charge is 0.164 e. The Morgan fingerprint density at radius 2 is 0.796 bits per heavy atom. The molecule has 0 bridgehead atoms. The standard InChI is InChI=1S/C45H27N3O/c1-4-12-31-25-34(20-17-28(31)9-1)37-23-24-39(41-38-15-7-8-16-40(38)49-42(37)41)45-47-43(35-21-18-29-10-2-5-13-32(29)26-35)46-44(48-45)36-22-19-30-11-3-6-14-33(30)27-36/h1-27H. The minimum absolute atomic E-state index is 0.600. The van der Waals surface area contributed by atoms with Gasteiger partial charge in [0.05, 0.1) is 0 Å². The molecule has 0 amide bonds. The number of rotatable bonds is 4. The Morgan fingerprint density at radius 1 is 0.347 bits per heavy atom. The second-order valence-corrected chi connectivity index (χ2v) is 12.5. The molecule has 10 aromatic rings. The Morgan fingerprint density at radius 3 is 1.39 bits per heavy atom. The molecule has 4 heteroatoms. The van der Waals surface area contributed by atoms with Gasteiger partial charge in [-0.25, -0.2) is 15.0 Å². The van der Waals surface area contributed by atoms with E-state index in [2.05, 4.69) is 152 Å². The summed E-state index contributed by atoms with van der Waals surface area (Å²) in [5.41, 5.74) is 6.53. The zero-order valence-corrected chi connectivity index (χ0v) is 26.3. The fourth-order valence-electron chi connectivity index (χ4n) is 7.01. The maximum Gasteiger partial charge on any atom is 0.164 e. The first-order chi connectivity index (χ1) is 24.2. The minimum atomic E-state index is 0.600. The van der Waals surface area contributed by atoms with Crippen molar-refractivity contribution in [3.8, 4) is 45.3 Å². The van der Waals surface area contributed by atoms with Gasteiger partial charge in [-0.3, -0.25) is 0 Å². The molecule has 2 heterocycles. The highest BCUT2D eigenvalue weighted by atomic mass is 16.3. The van der Waals surface area contributed by atoms with E-state index in [1.807, 2.05) is 12.1 Å². The van der Waals surface area contributed by atoms with Crippen molar-refractivity contribution >= 4 is 54.3 Å². The highest BCUT2D eigenvalue weighted by Crippen LogP contribution is 2.42. The molecule has 0 unspecified atom stereocenters. The quantitative estimate of drug-likeness (QED) is 0.195. The molecule has 0 fully saturated rings. The summed E-state index contributed by atoms with van der Waals surface area (Å²) in [6.45, 7) is 0. The lowest BCUT2D eigenvalue weighted by atomic mass is 9.96. The van der Waals surface area contributed by atoms with Crippen molar-refractivity contribution in [3.05, 3.63) is 164 Å². The zero-order valence-electron chi connectivity index (χ0n) is 26.3.